The van der Waals surface area contributed by atoms with Crippen LogP contribution in [0.4, 0.5) is 10.1 Å². The number of amides is 1. The van der Waals surface area contributed by atoms with E-state index in [4.69, 9.17) is 0 Å². The van der Waals surface area contributed by atoms with E-state index in [9.17, 15) is 9.18 Å². The summed E-state index contributed by atoms with van der Waals surface area (Å²) in [5.41, 5.74) is 2.73. The van der Waals surface area contributed by atoms with Gasteiger partial charge in [-0.25, -0.2) is 18.7 Å². The largest absolute Gasteiger partial charge is 0.317 e. The molecule has 0 atom stereocenters. The highest BCUT2D eigenvalue weighted by Crippen LogP contribution is 2.23. The summed E-state index contributed by atoms with van der Waals surface area (Å²) in [5.74, 6) is -0.171. The maximum Gasteiger partial charge on any atom is 0.274 e. The molecular formula is C20H17FN6O. The molecule has 140 valence electrons. The predicted molar refractivity (Wildman–Crippen MR) is 102 cm³/mol. The summed E-state index contributed by atoms with van der Waals surface area (Å²) in [7, 11) is 0. The molecule has 0 bridgehead atoms. The molecule has 8 heteroatoms. The molecule has 0 saturated heterocycles. The Morgan fingerprint density at radius 2 is 1.93 bits per heavy atom. The van der Waals surface area contributed by atoms with Crippen molar-refractivity contribution in [2.45, 2.75) is 13.8 Å². The molecule has 0 spiro atoms. The first-order valence-electron chi connectivity index (χ1n) is 8.63. The van der Waals surface area contributed by atoms with Gasteiger partial charge in [-0.05, 0) is 50.2 Å². The van der Waals surface area contributed by atoms with Crippen LogP contribution in [0.15, 0.2) is 60.9 Å². The molecule has 0 aliphatic rings. The minimum absolute atomic E-state index is 0.255. The summed E-state index contributed by atoms with van der Waals surface area (Å²) in [6.45, 7) is 3.60. The number of anilines is 1. The van der Waals surface area contributed by atoms with E-state index in [1.807, 2.05) is 6.92 Å². The van der Waals surface area contributed by atoms with Crippen molar-refractivity contribution in [3.05, 3.63) is 83.8 Å². The van der Waals surface area contributed by atoms with Crippen molar-refractivity contribution in [3.63, 3.8) is 0 Å². The van der Waals surface area contributed by atoms with Crippen molar-refractivity contribution in [1.82, 2.24) is 24.5 Å². The molecule has 3 aromatic heterocycles. The van der Waals surface area contributed by atoms with E-state index < -0.39 is 0 Å². The van der Waals surface area contributed by atoms with Crippen LogP contribution >= 0.6 is 0 Å². The lowest BCUT2D eigenvalue weighted by Gasteiger charge is -2.08. The fourth-order valence-electron chi connectivity index (χ4n) is 2.94. The van der Waals surface area contributed by atoms with Crippen LogP contribution in [0, 0.1) is 19.7 Å². The molecule has 4 rings (SSSR count). The van der Waals surface area contributed by atoms with Gasteiger partial charge in [0, 0.05) is 12.4 Å². The zero-order valence-corrected chi connectivity index (χ0v) is 15.3. The van der Waals surface area contributed by atoms with Crippen LogP contribution in [-0.2, 0) is 0 Å². The highest BCUT2D eigenvalue weighted by Gasteiger charge is 2.17. The first-order valence-corrected chi connectivity index (χ1v) is 8.63. The normalized spacial score (nSPS) is 10.8. The number of halogens is 1. The van der Waals surface area contributed by atoms with Gasteiger partial charge in [-0.1, -0.05) is 12.1 Å². The summed E-state index contributed by atoms with van der Waals surface area (Å²) in [4.78, 5) is 17.1. The number of aryl methyl sites for hydroxylation is 1. The SMILES string of the molecule is Cc1nn(-c2cccc(F)c2)c(C)c1NC(=O)c1cccc(-n2cccn2)n1. The van der Waals surface area contributed by atoms with Crippen LogP contribution in [0.2, 0.25) is 0 Å². The van der Waals surface area contributed by atoms with Crippen molar-refractivity contribution >= 4 is 11.6 Å². The molecule has 7 nitrogen and oxygen atoms in total. The van der Waals surface area contributed by atoms with Gasteiger partial charge in [0.25, 0.3) is 5.91 Å². The number of nitrogens with one attached hydrogen (secondary N) is 1. The Kier molecular flexibility index (Phi) is 4.44. The molecule has 1 N–H and O–H groups in total. The van der Waals surface area contributed by atoms with E-state index in [1.165, 1.54) is 12.1 Å². The molecular weight excluding hydrogens is 359 g/mol. The Balaban J connectivity index is 1.63. The minimum Gasteiger partial charge on any atom is -0.317 e. The third-order valence-electron chi connectivity index (χ3n) is 4.29. The lowest BCUT2D eigenvalue weighted by molar-refractivity contribution is 0.102. The first kappa shape index (κ1) is 17.6. The van der Waals surface area contributed by atoms with Gasteiger partial charge in [-0.3, -0.25) is 4.79 Å². The number of carbonyl (C=O) groups excluding carboxylic acids is 1. The third-order valence-corrected chi connectivity index (χ3v) is 4.29. The fourth-order valence-corrected chi connectivity index (χ4v) is 2.94. The van der Waals surface area contributed by atoms with Gasteiger partial charge in [0.1, 0.15) is 11.5 Å². The fraction of sp³-hybridized carbons (Fsp3) is 0.100. The maximum absolute atomic E-state index is 13.6. The summed E-state index contributed by atoms with van der Waals surface area (Å²) >= 11 is 0. The van der Waals surface area contributed by atoms with Crippen LogP contribution < -0.4 is 5.32 Å². The maximum atomic E-state index is 13.6. The van der Waals surface area contributed by atoms with Crippen molar-refractivity contribution in [1.29, 1.82) is 0 Å². The van der Waals surface area contributed by atoms with Gasteiger partial charge in [-0.2, -0.15) is 10.2 Å². The van der Waals surface area contributed by atoms with Crippen molar-refractivity contribution < 1.29 is 9.18 Å². The van der Waals surface area contributed by atoms with Gasteiger partial charge < -0.3 is 5.32 Å². The second-order valence-corrected chi connectivity index (χ2v) is 6.22. The molecule has 4 aromatic rings. The zero-order chi connectivity index (χ0) is 19.7. The number of rotatable bonds is 4. The minimum atomic E-state index is -0.362. The Morgan fingerprint density at radius 3 is 2.68 bits per heavy atom. The van der Waals surface area contributed by atoms with E-state index >= 15 is 0 Å². The van der Waals surface area contributed by atoms with Crippen molar-refractivity contribution in [2.24, 2.45) is 0 Å². The number of hydrogen-bond acceptors (Lipinski definition) is 4. The highest BCUT2D eigenvalue weighted by atomic mass is 19.1. The van der Waals surface area contributed by atoms with E-state index in [-0.39, 0.29) is 17.4 Å². The molecule has 0 fully saturated rings. The van der Waals surface area contributed by atoms with Gasteiger partial charge in [0.2, 0.25) is 0 Å². The number of nitrogens with zero attached hydrogens (tertiary/aromatic N) is 5. The van der Waals surface area contributed by atoms with Crippen LogP contribution in [0.3, 0.4) is 0 Å². The Hall–Kier alpha value is -3.81. The van der Waals surface area contributed by atoms with E-state index in [0.717, 1.165) is 0 Å². The van der Waals surface area contributed by atoms with E-state index in [2.05, 4.69) is 20.5 Å². The average molecular weight is 376 g/mol. The zero-order valence-electron chi connectivity index (χ0n) is 15.3. The van der Waals surface area contributed by atoms with Crippen LogP contribution in [0.25, 0.3) is 11.5 Å². The van der Waals surface area contributed by atoms with Gasteiger partial charge in [0.05, 0.1) is 22.8 Å². The molecule has 1 amide bonds. The van der Waals surface area contributed by atoms with Gasteiger partial charge in [0.15, 0.2) is 5.82 Å². The molecule has 0 aliphatic heterocycles. The lowest BCUT2D eigenvalue weighted by atomic mass is 10.2. The number of carbonyl (C=O) groups is 1. The second-order valence-electron chi connectivity index (χ2n) is 6.22. The van der Waals surface area contributed by atoms with E-state index in [1.54, 1.807) is 65.1 Å². The number of benzene rings is 1. The molecule has 3 heterocycles. The highest BCUT2D eigenvalue weighted by molar-refractivity contribution is 6.03. The Labute approximate surface area is 160 Å². The van der Waals surface area contributed by atoms with Crippen molar-refractivity contribution in [3.8, 4) is 11.5 Å². The molecule has 0 saturated carbocycles. The monoisotopic (exact) mass is 376 g/mol. The van der Waals surface area contributed by atoms with E-state index in [0.29, 0.717) is 28.6 Å². The summed E-state index contributed by atoms with van der Waals surface area (Å²) < 4.78 is 16.7. The third kappa shape index (κ3) is 3.27. The molecule has 28 heavy (non-hydrogen) atoms. The first-order chi connectivity index (χ1) is 13.5. The quantitative estimate of drug-likeness (QED) is 0.592. The number of pyridine rings is 1. The standard InChI is InChI=1S/C20H17FN6O/c1-13-19(14(2)27(25-13)16-7-3-6-15(21)12-16)24-20(28)17-8-4-9-18(23-17)26-11-5-10-22-26/h3-12H,1-2H3,(H,24,28). The molecule has 1 aromatic carbocycles. The Bertz CT molecular complexity index is 1150. The summed E-state index contributed by atoms with van der Waals surface area (Å²) in [6.07, 6.45) is 3.39. The van der Waals surface area contributed by atoms with Gasteiger partial charge >= 0.3 is 0 Å². The second kappa shape index (κ2) is 7.07. The molecule has 0 unspecified atom stereocenters. The lowest BCUT2D eigenvalue weighted by Crippen LogP contribution is -2.16. The van der Waals surface area contributed by atoms with Crippen LogP contribution in [0.5, 0.6) is 0 Å². The molecule has 0 radical (unpaired) electrons. The topological polar surface area (TPSA) is 77.6 Å². The van der Waals surface area contributed by atoms with Gasteiger partial charge in [-0.15, -0.1) is 0 Å². The Morgan fingerprint density at radius 1 is 1.11 bits per heavy atom. The predicted octanol–water partition coefficient (Wildman–Crippen LogP) is 3.46. The number of hydrogen-bond donors (Lipinski definition) is 1. The smallest absolute Gasteiger partial charge is 0.274 e. The van der Waals surface area contributed by atoms with Crippen molar-refractivity contribution in [2.75, 3.05) is 5.32 Å². The average Bonchev–Trinajstić information content (AvgIpc) is 3.32. The number of aromatic nitrogens is 5. The van der Waals surface area contributed by atoms with Crippen LogP contribution in [-0.4, -0.2) is 30.5 Å². The van der Waals surface area contributed by atoms with Crippen LogP contribution in [0.1, 0.15) is 21.9 Å². The summed E-state index contributed by atoms with van der Waals surface area (Å²) in [5, 5.41) is 11.4. The molecule has 0 aliphatic carbocycles. The summed E-state index contributed by atoms with van der Waals surface area (Å²) in [6, 6.07) is 13.0.